The highest BCUT2D eigenvalue weighted by molar-refractivity contribution is 7.89. The Morgan fingerprint density at radius 3 is 2.53 bits per heavy atom. The Morgan fingerprint density at radius 2 is 2.00 bits per heavy atom. The van der Waals surface area contributed by atoms with Gasteiger partial charge in [0.15, 0.2) is 0 Å². The van der Waals surface area contributed by atoms with Crippen LogP contribution in [0, 0.1) is 6.92 Å². The Labute approximate surface area is 88.3 Å². The van der Waals surface area contributed by atoms with Gasteiger partial charge < -0.3 is 5.73 Å². The Bertz CT molecular complexity index is 468. The van der Waals surface area contributed by atoms with Crippen molar-refractivity contribution in [1.29, 1.82) is 0 Å². The van der Waals surface area contributed by atoms with Crippen LogP contribution < -0.4 is 10.5 Å². The molecule has 1 aromatic carbocycles. The molecule has 5 nitrogen and oxygen atoms in total. The van der Waals surface area contributed by atoms with Gasteiger partial charge in [-0.2, -0.15) is 0 Å². The molecule has 0 aliphatic rings. The minimum atomic E-state index is -3.68. The maximum atomic E-state index is 11.4. The van der Waals surface area contributed by atoms with Crippen molar-refractivity contribution in [2.24, 2.45) is 5.73 Å². The van der Waals surface area contributed by atoms with Gasteiger partial charge in [0.25, 0.3) is 0 Å². The number of primary amides is 1. The van der Waals surface area contributed by atoms with Crippen LogP contribution >= 0.6 is 0 Å². The average molecular weight is 228 g/mol. The number of hydrogen-bond donors (Lipinski definition) is 2. The van der Waals surface area contributed by atoms with Gasteiger partial charge >= 0.3 is 6.03 Å². The van der Waals surface area contributed by atoms with Crippen molar-refractivity contribution in [3.05, 3.63) is 35.4 Å². The molecule has 0 aromatic heterocycles. The van der Waals surface area contributed by atoms with Crippen LogP contribution in [0.25, 0.3) is 0 Å². The number of aryl methyl sites for hydroxylation is 1. The van der Waals surface area contributed by atoms with E-state index < -0.39 is 16.1 Å². The third-order valence-electron chi connectivity index (χ3n) is 1.86. The first-order valence-electron chi connectivity index (χ1n) is 4.25. The highest BCUT2D eigenvalue weighted by atomic mass is 32.2. The first-order valence-corrected chi connectivity index (χ1v) is 5.90. The van der Waals surface area contributed by atoms with Crippen molar-refractivity contribution in [2.45, 2.75) is 12.7 Å². The monoisotopic (exact) mass is 228 g/mol. The summed E-state index contributed by atoms with van der Waals surface area (Å²) in [5, 5.41) is 0. The SMILES string of the molecule is Cc1ccccc1CS(=O)(=O)NC(N)=O. The molecule has 0 aliphatic heterocycles. The summed E-state index contributed by atoms with van der Waals surface area (Å²) in [6, 6.07) is 5.98. The molecule has 0 saturated carbocycles. The van der Waals surface area contributed by atoms with Gasteiger partial charge in [-0.25, -0.2) is 17.9 Å². The van der Waals surface area contributed by atoms with Gasteiger partial charge in [-0.3, -0.25) is 0 Å². The molecule has 3 N–H and O–H groups in total. The molecule has 0 atom stereocenters. The van der Waals surface area contributed by atoms with E-state index >= 15 is 0 Å². The maximum absolute atomic E-state index is 11.4. The lowest BCUT2D eigenvalue weighted by Crippen LogP contribution is -2.35. The van der Waals surface area contributed by atoms with Crippen LogP contribution in [0.3, 0.4) is 0 Å². The summed E-state index contributed by atoms with van der Waals surface area (Å²) in [6.07, 6.45) is 0. The molecule has 0 bridgehead atoms. The quantitative estimate of drug-likeness (QED) is 0.789. The summed E-state index contributed by atoms with van der Waals surface area (Å²) >= 11 is 0. The van der Waals surface area contributed by atoms with Gasteiger partial charge in [0.1, 0.15) is 0 Å². The fourth-order valence-electron chi connectivity index (χ4n) is 1.17. The number of nitrogens with one attached hydrogen (secondary N) is 1. The standard InChI is InChI=1S/C9H12N2O3S/c1-7-4-2-3-5-8(7)6-15(13,14)11-9(10)12/h2-5H,6H2,1H3,(H3,10,11,12). The van der Waals surface area contributed by atoms with E-state index in [2.05, 4.69) is 0 Å². The Morgan fingerprint density at radius 1 is 1.40 bits per heavy atom. The first-order chi connectivity index (χ1) is 6.91. The highest BCUT2D eigenvalue weighted by Crippen LogP contribution is 2.10. The molecule has 0 aliphatic carbocycles. The summed E-state index contributed by atoms with van der Waals surface area (Å²) in [5.74, 6) is -0.247. The molecule has 0 radical (unpaired) electrons. The van der Waals surface area contributed by atoms with Crippen LogP contribution in [0.4, 0.5) is 4.79 Å². The van der Waals surface area contributed by atoms with Crippen LogP contribution in [0.1, 0.15) is 11.1 Å². The zero-order valence-corrected chi connectivity index (χ0v) is 9.04. The van der Waals surface area contributed by atoms with Crippen molar-refractivity contribution in [3.63, 3.8) is 0 Å². The molecular formula is C9H12N2O3S. The van der Waals surface area contributed by atoms with Gasteiger partial charge in [0, 0.05) is 0 Å². The Kier molecular flexibility index (Phi) is 3.31. The summed E-state index contributed by atoms with van der Waals surface area (Å²) in [6.45, 7) is 1.80. The van der Waals surface area contributed by atoms with Gasteiger partial charge in [-0.15, -0.1) is 0 Å². The van der Waals surface area contributed by atoms with Gasteiger partial charge in [0.2, 0.25) is 10.0 Å². The zero-order valence-electron chi connectivity index (χ0n) is 8.23. The number of rotatable bonds is 3. The minimum Gasteiger partial charge on any atom is -0.351 e. The van der Waals surface area contributed by atoms with Crippen LogP contribution in [0.15, 0.2) is 24.3 Å². The molecule has 82 valence electrons. The van der Waals surface area contributed by atoms with Gasteiger partial charge in [-0.05, 0) is 18.1 Å². The van der Waals surface area contributed by atoms with Gasteiger partial charge in [0.05, 0.1) is 5.75 Å². The molecule has 15 heavy (non-hydrogen) atoms. The Balaban J connectivity index is 2.87. The summed E-state index contributed by atoms with van der Waals surface area (Å²) in [5.41, 5.74) is 6.24. The van der Waals surface area contributed by atoms with Crippen molar-refractivity contribution in [1.82, 2.24) is 4.72 Å². The summed E-state index contributed by atoms with van der Waals surface area (Å²) < 4.78 is 24.4. The number of sulfonamides is 1. The second-order valence-corrected chi connectivity index (χ2v) is 4.87. The normalized spacial score (nSPS) is 11.0. The third-order valence-corrected chi connectivity index (χ3v) is 3.07. The van der Waals surface area contributed by atoms with Crippen molar-refractivity contribution in [2.75, 3.05) is 0 Å². The van der Waals surface area contributed by atoms with Crippen LogP contribution in [-0.2, 0) is 15.8 Å². The Hall–Kier alpha value is -1.56. The van der Waals surface area contributed by atoms with E-state index in [0.717, 1.165) is 5.56 Å². The number of hydrogen-bond acceptors (Lipinski definition) is 3. The predicted molar refractivity (Wildman–Crippen MR) is 56.5 cm³/mol. The second-order valence-electron chi connectivity index (χ2n) is 3.15. The van der Waals surface area contributed by atoms with Gasteiger partial charge in [-0.1, -0.05) is 24.3 Å². The average Bonchev–Trinajstić information content (AvgIpc) is 2.06. The van der Waals surface area contributed by atoms with E-state index in [4.69, 9.17) is 5.73 Å². The number of carbonyl (C=O) groups excluding carboxylic acids is 1. The van der Waals surface area contributed by atoms with E-state index in [9.17, 15) is 13.2 Å². The van der Waals surface area contributed by atoms with Crippen LogP contribution in [0.2, 0.25) is 0 Å². The van der Waals surface area contributed by atoms with Crippen LogP contribution in [-0.4, -0.2) is 14.4 Å². The number of amides is 2. The molecule has 0 heterocycles. The van der Waals surface area contributed by atoms with E-state index in [-0.39, 0.29) is 5.75 Å². The van der Waals surface area contributed by atoms with Crippen LogP contribution in [0.5, 0.6) is 0 Å². The molecule has 1 aromatic rings. The smallest absolute Gasteiger partial charge is 0.325 e. The molecule has 0 unspecified atom stereocenters. The lowest BCUT2D eigenvalue weighted by Gasteiger charge is -2.06. The van der Waals surface area contributed by atoms with E-state index in [0.29, 0.717) is 5.56 Å². The molecular weight excluding hydrogens is 216 g/mol. The van der Waals surface area contributed by atoms with Crippen molar-refractivity contribution >= 4 is 16.1 Å². The molecule has 0 spiro atoms. The molecule has 0 saturated heterocycles. The number of urea groups is 1. The number of carbonyl (C=O) groups is 1. The largest absolute Gasteiger partial charge is 0.351 e. The molecule has 2 amide bonds. The first kappa shape index (κ1) is 11.5. The third kappa shape index (κ3) is 3.59. The number of nitrogens with two attached hydrogens (primary N) is 1. The molecule has 0 fully saturated rings. The lowest BCUT2D eigenvalue weighted by atomic mass is 10.1. The van der Waals surface area contributed by atoms with E-state index in [1.807, 2.05) is 6.07 Å². The predicted octanol–water partition coefficient (Wildman–Crippen LogP) is 0.493. The highest BCUT2D eigenvalue weighted by Gasteiger charge is 2.14. The minimum absolute atomic E-state index is 0.247. The van der Waals surface area contributed by atoms with Crippen molar-refractivity contribution in [3.8, 4) is 0 Å². The fourth-order valence-corrected chi connectivity index (χ4v) is 2.28. The molecule has 1 rings (SSSR count). The van der Waals surface area contributed by atoms with Crippen molar-refractivity contribution < 1.29 is 13.2 Å². The lowest BCUT2D eigenvalue weighted by molar-refractivity contribution is 0.253. The molecule has 6 heteroatoms. The van der Waals surface area contributed by atoms with E-state index in [1.54, 1.807) is 29.8 Å². The van der Waals surface area contributed by atoms with E-state index in [1.165, 1.54) is 0 Å². The fraction of sp³-hybridized carbons (Fsp3) is 0.222. The number of benzene rings is 1. The zero-order chi connectivity index (χ0) is 11.5. The second kappa shape index (κ2) is 4.31. The summed E-state index contributed by atoms with van der Waals surface area (Å²) in [7, 11) is -3.68. The summed E-state index contributed by atoms with van der Waals surface area (Å²) in [4.78, 5) is 10.4. The maximum Gasteiger partial charge on any atom is 0.325 e. The topological polar surface area (TPSA) is 89.3 Å².